The fraction of sp³-hybridized carbons (Fsp3) is 0.158. The molecule has 0 bridgehead atoms. The van der Waals surface area contributed by atoms with Crippen LogP contribution in [0.4, 0.5) is 5.69 Å². The molecule has 0 fully saturated rings. The number of nitrogens with zero attached hydrogens (tertiary/aromatic N) is 3. The van der Waals surface area contributed by atoms with Crippen LogP contribution in [0.2, 0.25) is 0 Å². The van der Waals surface area contributed by atoms with Gasteiger partial charge in [-0.3, -0.25) is 4.79 Å². The van der Waals surface area contributed by atoms with Crippen molar-refractivity contribution in [2.24, 2.45) is 0 Å². The second kappa shape index (κ2) is 8.29. The molecule has 27 heavy (non-hydrogen) atoms. The first-order chi connectivity index (χ1) is 13.1. The number of carbonyl (C=O) groups is 1. The molecule has 0 aliphatic carbocycles. The van der Waals surface area contributed by atoms with Crippen LogP contribution in [0.1, 0.15) is 25.9 Å². The molecule has 0 aliphatic rings. The third kappa shape index (κ3) is 4.59. The molecule has 136 valence electrons. The van der Waals surface area contributed by atoms with E-state index >= 15 is 0 Å². The number of benzene rings is 2. The minimum atomic E-state index is -0.321. The third-order valence-corrected chi connectivity index (χ3v) is 4.51. The predicted molar refractivity (Wildman–Crippen MR) is 101 cm³/mol. The molecule has 3 aromatic rings. The van der Waals surface area contributed by atoms with Crippen molar-refractivity contribution >= 4 is 22.9 Å². The van der Waals surface area contributed by atoms with Gasteiger partial charge in [-0.05, 0) is 31.2 Å². The zero-order valence-corrected chi connectivity index (χ0v) is 15.5. The van der Waals surface area contributed by atoms with Gasteiger partial charge in [0.1, 0.15) is 6.61 Å². The smallest absolute Gasteiger partial charge is 0.286 e. The van der Waals surface area contributed by atoms with Crippen molar-refractivity contribution in [1.29, 1.82) is 5.26 Å². The van der Waals surface area contributed by atoms with Gasteiger partial charge in [0.2, 0.25) is 5.01 Å². The van der Waals surface area contributed by atoms with E-state index in [1.807, 2.05) is 37.3 Å². The van der Waals surface area contributed by atoms with E-state index in [0.29, 0.717) is 27.8 Å². The Morgan fingerprint density at radius 1 is 1.19 bits per heavy atom. The number of methoxy groups -OCH3 is 1. The van der Waals surface area contributed by atoms with Gasteiger partial charge in [0.15, 0.2) is 16.5 Å². The molecule has 1 aromatic heterocycles. The van der Waals surface area contributed by atoms with Gasteiger partial charge >= 0.3 is 0 Å². The lowest BCUT2D eigenvalue weighted by Gasteiger charge is -2.09. The molecule has 1 N–H and O–H groups in total. The lowest BCUT2D eigenvalue weighted by atomic mass is 10.2. The zero-order chi connectivity index (χ0) is 19.2. The Labute approximate surface area is 160 Å². The van der Waals surface area contributed by atoms with E-state index in [2.05, 4.69) is 15.5 Å². The molecule has 0 unspecified atom stereocenters. The van der Waals surface area contributed by atoms with Gasteiger partial charge in [0.05, 0.1) is 18.7 Å². The van der Waals surface area contributed by atoms with E-state index in [1.165, 1.54) is 7.11 Å². The third-order valence-electron chi connectivity index (χ3n) is 3.61. The van der Waals surface area contributed by atoms with Crippen LogP contribution in [0.15, 0.2) is 42.5 Å². The van der Waals surface area contributed by atoms with Crippen LogP contribution in [0.3, 0.4) is 0 Å². The standard InChI is InChI=1S/C19H16N4O3S/c1-12-3-6-14(7-4-12)21-18(24)19-23-22-17(27-19)11-26-15-8-5-13(10-20)9-16(15)25-2/h3-9H,11H2,1-2H3,(H,21,24). The topological polar surface area (TPSA) is 97.1 Å². The largest absolute Gasteiger partial charge is 0.493 e. The van der Waals surface area contributed by atoms with Gasteiger partial charge < -0.3 is 14.8 Å². The number of aryl methyl sites for hydroxylation is 1. The molecule has 0 aliphatic heterocycles. The maximum atomic E-state index is 12.3. The Morgan fingerprint density at radius 2 is 1.96 bits per heavy atom. The molecule has 1 heterocycles. The van der Waals surface area contributed by atoms with Gasteiger partial charge in [-0.15, -0.1) is 10.2 Å². The number of nitriles is 1. The van der Waals surface area contributed by atoms with Crippen LogP contribution in [-0.4, -0.2) is 23.2 Å². The fourth-order valence-electron chi connectivity index (χ4n) is 2.22. The first-order valence-electron chi connectivity index (χ1n) is 8.00. The van der Waals surface area contributed by atoms with E-state index in [1.54, 1.807) is 18.2 Å². The first kappa shape index (κ1) is 18.4. The van der Waals surface area contributed by atoms with E-state index in [9.17, 15) is 4.79 Å². The molecule has 0 radical (unpaired) electrons. The highest BCUT2D eigenvalue weighted by Crippen LogP contribution is 2.29. The Morgan fingerprint density at radius 3 is 2.67 bits per heavy atom. The highest BCUT2D eigenvalue weighted by molar-refractivity contribution is 7.13. The summed E-state index contributed by atoms with van der Waals surface area (Å²) in [4.78, 5) is 12.3. The number of anilines is 1. The summed E-state index contributed by atoms with van der Waals surface area (Å²) in [5.41, 5.74) is 2.28. The predicted octanol–water partition coefficient (Wildman–Crippen LogP) is 3.56. The Balaban J connectivity index is 1.63. The van der Waals surface area contributed by atoms with E-state index in [0.717, 1.165) is 16.9 Å². The summed E-state index contributed by atoms with van der Waals surface area (Å²) in [5.74, 6) is 0.617. The van der Waals surface area contributed by atoms with Crippen molar-refractivity contribution in [2.75, 3.05) is 12.4 Å². The van der Waals surface area contributed by atoms with Gasteiger partial charge in [-0.2, -0.15) is 5.26 Å². The normalized spacial score (nSPS) is 10.1. The second-order valence-corrected chi connectivity index (χ2v) is 6.65. The van der Waals surface area contributed by atoms with Gasteiger partial charge in [0.25, 0.3) is 5.91 Å². The first-order valence-corrected chi connectivity index (χ1v) is 8.82. The molecule has 2 aromatic carbocycles. The van der Waals surface area contributed by atoms with E-state index in [-0.39, 0.29) is 17.5 Å². The molecule has 0 saturated carbocycles. The summed E-state index contributed by atoms with van der Waals surface area (Å²) < 4.78 is 10.9. The van der Waals surface area contributed by atoms with Gasteiger partial charge in [-0.1, -0.05) is 29.0 Å². The second-order valence-electron chi connectivity index (χ2n) is 5.59. The fourth-order valence-corrected chi connectivity index (χ4v) is 2.87. The number of rotatable bonds is 6. The maximum absolute atomic E-state index is 12.3. The summed E-state index contributed by atoms with van der Waals surface area (Å²) in [5, 5.41) is 20.4. The van der Waals surface area contributed by atoms with Crippen LogP contribution in [0.25, 0.3) is 0 Å². The molecule has 8 heteroatoms. The molecule has 0 spiro atoms. The lowest BCUT2D eigenvalue weighted by Crippen LogP contribution is -2.11. The van der Waals surface area contributed by atoms with Crippen molar-refractivity contribution in [2.45, 2.75) is 13.5 Å². The van der Waals surface area contributed by atoms with Crippen LogP contribution >= 0.6 is 11.3 Å². The summed E-state index contributed by atoms with van der Waals surface area (Å²) in [6, 6.07) is 14.4. The van der Waals surface area contributed by atoms with Crippen molar-refractivity contribution in [1.82, 2.24) is 10.2 Å². The van der Waals surface area contributed by atoms with Crippen molar-refractivity contribution in [3.8, 4) is 17.6 Å². The van der Waals surface area contributed by atoms with E-state index < -0.39 is 0 Å². The monoisotopic (exact) mass is 380 g/mol. The average molecular weight is 380 g/mol. The number of carbonyl (C=O) groups excluding carboxylic acids is 1. The lowest BCUT2D eigenvalue weighted by molar-refractivity contribution is 0.102. The molecule has 3 rings (SSSR count). The number of amides is 1. The summed E-state index contributed by atoms with van der Waals surface area (Å²) >= 11 is 1.15. The average Bonchev–Trinajstić information content (AvgIpc) is 3.17. The number of ether oxygens (including phenoxy) is 2. The maximum Gasteiger partial charge on any atom is 0.286 e. The number of nitrogens with one attached hydrogen (secondary N) is 1. The van der Waals surface area contributed by atoms with Crippen molar-refractivity contribution in [3.63, 3.8) is 0 Å². The Hall–Kier alpha value is -3.44. The zero-order valence-electron chi connectivity index (χ0n) is 14.7. The summed E-state index contributed by atoms with van der Waals surface area (Å²) in [7, 11) is 1.50. The number of hydrogen-bond acceptors (Lipinski definition) is 7. The number of hydrogen-bond donors (Lipinski definition) is 1. The van der Waals surface area contributed by atoms with Crippen LogP contribution in [0, 0.1) is 18.3 Å². The summed E-state index contributed by atoms with van der Waals surface area (Å²) in [6.45, 7) is 2.11. The molecular weight excluding hydrogens is 364 g/mol. The van der Waals surface area contributed by atoms with Gasteiger partial charge in [0, 0.05) is 11.8 Å². The highest BCUT2D eigenvalue weighted by Gasteiger charge is 2.14. The Bertz CT molecular complexity index is 993. The minimum absolute atomic E-state index is 0.137. The van der Waals surface area contributed by atoms with Crippen LogP contribution in [0.5, 0.6) is 11.5 Å². The Kier molecular flexibility index (Phi) is 5.64. The van der Waals surface area contributed by atoms with Crippen LogP contribution < -0.4 is 14.8 Å². The molecule has 7 nitrogen and oxygen atoms in total. The SMILES string of the molecule is COc1cc(C#N)ccc1OCc1nnc(C(=O)Nc2ccc(C)cc2)s1. The quantitative estimate of drug-likeness (QED) is 0.702. The minimum Gasteiger partial charge on any atom is -0.493 e. The highest BCUT2D eigenvalue weighted by atomic mass is 32.1. The van der Waals surface area contributed by atoms with Gasteiger partial charge in [-0.25, -0.2) is 0 Å². The van der Waals surface area contributed by atoms with Crippen molar-refractivity contribution < 1.29 is 14.3 Å². The van der Waals surface area contributed by atoms with Crippen molar-refractivity contribution in [3.05, 3.63) is 63.6 Å². The molecule has 1 amide bonds. The molecular formula is C19H16N4O3S. The number of aromatic nitrogens is 2. The van der Waals surface area contributed by atoms with E-state index in [4.69, 9.17) is 14.7 Å². The summed E-state index contributed by atoms with van der Waals surface area (Å²) in [6.07, 6.45) is 0. The molecule has 0 saturated heterocycles. The van der Waals surface area contributed by atoms with Crippen LogP contribution in [-0.2, 0) is 6.61 Å². The molecule has 0 atom stereocenters.